The molecule has 1 saturated heterocycles. The van der Waals surface area contributed by atoms with Crippen LogP contribution in [0.4, 0.5) is 5.69 Å². The minimum Gasteiger partial charge on any atom is -0.481 e. The van der Waals surface area contributed by atoms with E-state index in [0.29, 0.717) is 17.7 Å². The number of carboxylic acids is 1. The number of nitrogen functional groups attached to an aromatic ring is 1. The summed E-state index contributed by atoms with van der Waals surface area (Å²) in [4.78, 5) is 77.3. The Morgan fingerprint density at radius 2 is 1.22 bits per heavy atom. The molecule has 0 amide bonds. The van der Waals surface area contributed by atoms with Crippen molar-refractivity contribution in [2.24, 2.45) is 29.4 Å². The van der Waals surface area contributed by atoms with Gasteiger partial charge in [-0.05, 0) is 68.7 Å². The van der Waals surface area contributed by atoms with Gasteiger partial charge in [0.15, 0.2) is 12.1 Å². The molecule has 0 bridgehead atoms. The summed E-state index contributed by atoms with van der Waals surface area (Å²) in [6.45, 7) is 7.02. The molecule has 0 aromatic heterocycles. The predicted octanol–water partition coefficient (Wildman–Crippen LogP) is 3.61. The van der Waals surface area contributed by atoms with Crippen LogP contribution in [0.2, 0.25) is 0 Å². The van der Waals surface area contributed by atoms with E-state index in [2.05, 4.69) is 0 Å². The molecule has 20 nitrogen and oxygen atoms in total. The molecule has 17 atom stereocenters. The van der Waals surface area contributed by atoms with Crippen LogP contribution in [0, 0.1) is 23.7 Å². The molecular weight excluding hydrogens is 1020 g/mol. The van der Waals surface area contributed by atoms with Crippen molar-refractivity contribution in [3.63, 3.8) is 0 Å². The van der Waals surface area contributed by atoms with Crippen molar-refractivity contribution >= 4 is 40.8 Å². The first-order valence-corrected chi connectivity index (χ1v) is 26.9. The molecule has 20 heteroatoms. The average molecular weight is 1110 g/mol. The second-order valence-corrected chi connectivity index (χ2v) is 20.9. The van der Waals surface area contributed by atoms with Gasteiger partial charge in [0.1, 0.15) is 41.9 Å². The Hall–Kier alpha value is -5.62. The fourth-order valence-corrected chi connectivity index (χ4v) is 9.37. The van der Waals surface area contributed by atoms with Gasteiger partial charge < -0.3 is 71.6 Å². The summed E-state index contributed by atoms with van der Waals surface area (Å²) in [5, 5.41) is 96.0. The number of carbonyl (C=O) groups excluding carboxylic acids is 5. The fraction of sp³-hybridized carbons (Fsp3) is 0.559. The van der Waals surface area contributed by atoms with Gasteiger partial charge in [0.25, 0.3) is 0 Å². The van der Waals surface area contributed by atoms with Gasteiger partial charge in [0, 0.05) is 62.1 Å². The van der Waals surface area contributed by atoms with Crippen LogP contribution in [0.25, 0.3) is 0 Å². The van der Waals surface area contributed by atoms with Crippen LogP contribution in [0.15, 0.2) is 109 Å². The van der Waals surface area contributed by atoms with Gasteiger partial charge in [-0.1, -0.05) is 106 Å². The maximum Gasteiger partial charge on any atom is 0.313 e. The largest absolute Gasteiger partial charge is 0.481 e. The van der Waals surface area contributed by atoms with E-state index in [1.54, 1.807) is 98.0 Å². The zero-order chi connectivity index (χ0) is 58.8. The summed E-state index contributed by atoms with van der Waals surface area (Å²) in [7, 11) is 0. The topological polar surface area (TPSA) is 364 Å². The summed E-state index contributed by atoms with van der Waals surface area (Å²) < 4.78 is 17.5. The van der Waals surface area contributed by atoms with Crippen LogP contribution in [0.5, 0.6) is 0 Å². The Labute approximate surface area is 462 Å². The Morgan fingerprint density at radius 1 is 0.684 bits per heavy atom. The number of aliphatic carboxylic acids is 1. The standard InChI is InChI=1S/C59H84N2O18/c1-35-18-15-13-11-9-7-5-6-8-10-12-14-16-21-47(78-59-56(74)54(61)55(73)38(4)77-59)33-51(71)53(58(75)76)50(70)31-46(67)30-45(66)29-44(65)28-43(64)27-41(62)19-17-20-42(63)32-52(72)79-57(35)37(3)26-36(2)48(68)34-49(69)39-22-24-40(60)25-23-39/h5-16,18,21-25,35-38,43-45,47-48,50-51,53-57,59,64-66,68,70-71,73-74H,17,19-20,26-34,60-61H2,1-4H3,(H,75,76)/b6-5+,9-7+,10-8+,13-11+,14-12+,18-15-,21-16+. The molecule has 0 saturated carbocycles. The molecule has 2 aliphatic heterocycles. The van der Waals surface area contributed by atoms with E-state index in [9.17, 15) is 74.7 Å². The minimum absolute atomic E-state index is 0.0615. The number of ketones is 4. The van der Waals surface area contributed by atoms with Crippen molar-refractivity contribution in [2.75, 3.05) is 5.73 Å². The third-order valence-electron chi connectivity index (χ3n) is 13.8. The monoisotopic (exact) mass is 1110 g/mol. The highest BCUT2D eigenvalue weighted by Gasteiger charge is 2.43. The molecule has 3 rings (SSSR count). The Kier molecular flexibility index (Phi) is 30.1. The Morgan fingerprint density at radius 3 is 1.78 bits per heavy atom. The zero-order valence-electron chi connectivity index (χ0n) is 45.5. The quantitative estimate of drug-likeness (QED) is 0.0690. The van der Waals surface area contributed by atoms with Crippen LogP contribution in [-0.4, -0.2) is 161 Å². The average Bonchev–Trinajstić information content (AvgIpc) is 3.36. The van der Waals surface area contributed by atoms with Crippen LogP contribution >= 0.6 is 0 Å². The molecule has 438 valence electrons. The lowest BCUT2D eigenvalue weighted by atomic mass is 9.83. The number of Topliss-reactive ketones (excluding diaryl/α,β-unsaturated/α-hetero) is 4. The molecule has 1 aromatic carbocycles. The molecule has 2 heterocycles. The van der Waals surface area contributed by atoms with E-state index in [-0.39, 0.29) is 55.6 Å². The van der Waals surface area contributed by atoms with E-state index in [1.165, 1.54) is 19.1 Å². The molecular formula is C59H84N2O18. The smallest absolute Gasteiger partial charge is 0.313 e. The van der Waals surface area contributed by atoms with Crippen molar-refractivity contribution < 1.29 is 88.9 Å². The highest BCUT2D eigenvalue weighted by molar-refractivity contribution is 5.97. The van der Waals surface area contributed by atoms with Gasteiger partial charge in [-0.2, -0.15) is 0 Å². The number of benzene rings is 1. The number of allylic oxidation sites excluding steroid dienone is 12. The molecule has 0 radical (unpaired) electrons. The molecule has 79 heavy (non-hydrogen) atoms. The number of aliphatic hydroxyl groups excluding tert-OH is 8. The number of aliphatic hydroxyl groups is 8. The number of esters is 1. The second kappa shape index (κ2) is 35.2. The van der Waals surface area contributed by atoms with E-state index >= 15 is 0 Å². The predicted molar refractivity (Wildman–Crippen MR) is 293 cm³/mol. The SMILES string of the molecule is CC1\C=C/C=C/C=C/C=C/C=C/C=C/C=C/C(OC2OC(C)C(O)C(N)C2O)CC(O)C(C(=O)O)C(O)CC(=O)CC(O)CC(O)CC(O)CC(=O)CCCC(=O)CC(=O)OC1C(C)CC(C)C(O)CC(=O)c1ccc(N)cc1. The number of rotatable bonds is 10. The van der Waals surface area contributed by atoms with Gasteiger partial charge in [-0.25, -0.2) is 0 Å². The van der Waals surface area contributed by atoms with Crippen LogP contribution in [-0.2, 0) is 38.2 Å². The highest BCUT2D eigenvalue weighted by Crippen LogP contribution is 2.29. The molecule has 1 fully saturated rings. The third kappa shape index (κ3) is 25.2. The van der Waals surface area contributed by atoms with E-state index < -0.39 is 153 Å². The van der Waals surface area contributed by atoms with Gasteiger partial charge in [0.05, 0.1) is 61.0 Å². The Balaban J connectivity index is 1.83. The highest BCUT2D eigenvalue weighted by atomic mass is 16.7. The summed E-state index contributed by atoms with van der Waals surface area (Å²) >= 11 is 0. The molecule has 17 unspecified atom stereocenters. The van der Waals surface area contributed by atoms with Crippen LogP contribution in [0.3, 0.4) is 0 Å². The number of ether oxygens (including phenoxy) is 3. The van der Waals surface area contributed by atoms with Crippen LogP contribution < -0.4 is 11.5 Å². The number of cyclic esters (lactones) is 1. The van der Waals surface area contributed by atoms with Gasteiger partial charge in [0.2, 0.25) is 0 Å². The van der Waals surface area contributed by atoms with Crippen molar-refractivity contribution in [3.8, 4) is 0 Å². The zero-order valence-corrected chi connectivity index (χ0v) is 45.5. The summed E-state index contributed by atoms with van der Waals surface area (Å²) in [5.41, 5.74) is 12.7. The summed E-state index contributed by atoms with van der Waals surface area (Å²) in [6.07, 6.45) is 4.21. The number of hydrogen-bond acceptors (Lipinski definition) is 19. The van der Waals surface area contributed by atoms with E-state index in [4.69, 9.17) is 25.7 Å². The maximum atomic E-state index is 13.3. The molecule has 0 spiro atoms. The maximum absolute atomic E-state index is 13.3. The third-order valence-corrected chi connectivity index (χ3v) is 13.8. The first-order valence-electron chi connectivity index (χ1n) is 26.9. The minimum atomic E-state index is -1.95. The Bertz CT molecular complexity index is 2310. The molecule has 13 N–H and O–H groups in total. The number of hydrogen-bond donors (Lipinski definition) is 11. The first kappa shape index (κ1) is 67.7. The number of nitrogens with two attached hydrogens (primary N) is 2. The van der Waals surface area contributed by atoms with Gasteiger partial charge in [-0.15, -0.1) is 0 Å². The molecule has 2 aliphatic rings. The van der Waals surface area contributed by atoms with Crippen molar-refractivity contribution in [2.45, 2.75) is 184 Å². The van der Waals surface area contributed by atoms with Crippen molar-refractivity contribution in [1.82, 2.24) is 0 Å². The van der Waals surface area contributed by atoms with Crippen molar-refractivity contribution in [1.29, 1.82) is 0 Å². The lowest BCUT2D eigenvalue weighted by Gasteiger charge is -2.41. The number of anilines is 1. The number of carbonyl (C=O) groups is 6. The number of carboxylic acid groups (broad SMARTS) is 1. The first-order chi connectivity index (χ1) is 37.4. The van der Waals surface area contributed by atoms with E-state index in [1.807, 2.05) is 19.9 Å². The van der Waals surface area contributed by atoms with Crippen LogP contribution in [0.1, 0.15) is 115 Å². The molecule has 1 aromatic rings. The fourth-order valence-electron chi connectivity index (χ4n) is 9.37. The lowest BCUT2D eigenvalue weighted by molar-refractivity contribution is -0.277. The lowest BCUT2D eigenvalue weighted by Crippen LogP contribution is -2.61. The molecule has 0 aliphatic carbocycles. The van der Waals surface area contributed by atoms with Gasteiger partial charge >= 0.3 is 11.9 Å². The van der Waals surface area contributed by atoms with Crippen molar-refractivity contribution in [3.05, 3.63) is 115 Å². The normalized spacial score (nSPS) is 34.7. The summed E-state index contributed by atoms with van der Waals surface area (Å²) in [5.74, 6) is -7.43. The summed E-state index contributed by atoms with van der Waals surface area (Å²) in [6, 6.07) is 5.24. The van der Waals surface area contributed by atoms with E-state index in [0.717, 1.165) is 0 Å². The van der Waals surface area contributed by atoms with Gasteiger partial charge in [-0.3, -0.25) is 28.8 Å². The second-order valence-electron chi connectivity index (χ2n) is 20.9.